The van der Waals surface area contributed by atoms with Gasteiger partial charge in [0.15, 0.2) is 0 Å². The average Bonchev–Trinajstić information content (AvgIpc) is 3.38. The minimum Gasteiger partial charge on any atom is -0.465 e. The highest BCUT2D eigenvalue weighted by Crippen LogP contribution is 2.67. The smallest absolute Gasteiger partial charge is 0.404 e. The molecule has 1 amide bonds. The Hall–Kier alpha value is -0.820. The minimum atomic E-state index is -0.933. The Balaban J connectivity index is 0.000000343. The van der Waals surface area contributed by atoms with Crippen molar-refractivity contribution in [3.8, 4) is 0 Å². The van der Waals surface area contributed by atoms with Crippen molar-refractivity contribution in [3.05, 3.63) is 11.6 Å². The number of amides is 1. The third-order valence-electron chi connectivity index (χ3n) is 13.0. The largest absolute Gasteiger partial charge is 0.465 e. The van der Waals surface area contributed by atoms with Crippen LogP contribution in [0.5, 0.6) is 0 Å². The number of fused-ring (bicyclic) bond motifs is 5. The van der Waals surface area contributed by atoms with Crippen LogP contribution >= 0.6 is 12.4 Å². The molecule has 0 aromatic heterocycles. The molecular formula is C40H77ClN4O2. The van der Waals surface area contributed by atoms with Gasteiger partial charge < -0.3 is 26.8 Å². The monoisotopic (exact) mass is 681 g/mol. The number of nitrogens with one attached hydrogen (secondary N) is 3. The first-order valence-electron chi connectivity index (χ1n) is 19.9. The van der Waals surface area contributed by atoms with Gasteiger partial charge in [-0.2, -0.15) is 0 Å². The van der Waals surface area contributed by atoms with Crippen molar-refractivity contribution in [2.45, 2.75) is 150 Å². The van der Waals surface area contributed by atoms with Gasteiger partial charge in [-0.3, -0.25) is 0 Å². The summed E-state index contributed by atoms with van der Waals surface area (Å²) in [5, 5.41) is 17.5. The van der Waals surface area contributed by atoms with E-state index in [1.54, 1.807) is 0 Å². The first-order valence-corrected chi connectivity index (χ1v) is 19.9. The number of hydrogen-bond acceptors (Lipinski definition) is 4. The number of rotatable bonds is 19. The summed E-state index contributed by atoms with van der Waals surface area (Å²) in [4.78, 5) is 10.2. The number of unbranched alkanes of at least 4 members (excludes halogenated alkanes) is 3. The van der Waals surface area contributed by atoms with E-state index in [2.05, 4.69) is 56.6 Å². The lowest BCUT2D eigenvalue weighted by Crippen LogP contribution is -2.50. The molecule has 0 aliphatic heterocycles. The first kappa shape index (κ1) is 42.3. The second kappa shape index (κ2) is 22.1. The highest BCUT2D eigenvalue weighted by atomic mass is 35.5. The second-order valence-corrected chi connectivity index (χ2v) is 16.6. The Bertz CT molecular complexity index is 899. The van der Waals surface area contributed by atoms with Gasteiger partial charge in [0.25, 0.3) is 0 Å². The molecule has 4 aliphatic rings. The van der Waals surface area contributed by atoms with Crippen LogP contribution in [-0.4, -0.2) is 50.5 Å². The maximum absolute atomic E-state index is 10.2. The summed E-state index contributed by atoms with van der Waals surface area (Å²) in [6, 6.07) is 0. The summed E-state index contributed by atoms with van der Waals surface area (Å²) in [6.45, 7) is 18.3. The zero-order chi connectivity index (χ0) is 33.4. The molecule has 0 spiro atoms. The molecule has 3 fully saturated rings. The molecule has 6 N–H and O–H groups in total. The molecule has 0 saturated heterocycles. The van der Waals surface area contributed by atoms with Gasteiger partial charge >= 0.3 is 6.09 Å². The lowest BCUT2D eigenvalue weighted by Gasteiger charge is -2.58. The van der Waals surface area contributed by atoms with Gasteiger partial charge in [0.2, 0.25) is 0 Å². The molecular weight excluding hydrogens is 604 g/mol. The third-order valence-corrected chi connectivity index (χ3v) is 13.0. The van der Waals surface area contributed by atoms with Crippen LogP contribution in [0.3, 0.4) is 0 Å². The van der Waals surface area contributed by atoms with E-state index < -0.39 is 6.09 Å². The lowest BCUT2D eigenvalue weighted by atomic mass is 9.47. The van der Waals surface area contributed by atoms with E-state index in [1.807, 2.05) is 5.57 Å². The van der Waals surface area contributed by atoms with Crippen molar-refractivity contribution in [1.82, 2.24) is 16.0 Å². The molecule has 0 radical (unpaired) electrons. The van der Waals surface area contributed by atoms with Gasteiger partial charge in [-0.25, -0.2) is 4.79 Å². The Kier molecular flexibility index (Phi) is 19.9. The maximum atomic E-state index is 10.2. The second-order valence-electron chi connectivity index (χ2n) is 16.6. The number of carbonyl (C=O) groups is 1. The van der Waals surface area contributed by atoms with Crippen molar-refractivity contribution in [2.75, 3.05) is 39.3 Å². The van der Waals surface area contributed by atoms with Crippen molar-refractivity contribution < 1.29 is 9.90 Å². The van der Waals surface area contributed by atoms with E-state index in [4.69, 9.17) is 10.8 Å². The zero-order valence-electron chi connectivity index (χ0n) is 31.4. The number of nitrogens with two attached hydrogens (primary N) is 1. The van der Waals surface area contributed by atoms with Crippen LogP contribution < -0.4 is 21.7 Å². The van der Waals surface area contributed by atoms with Gasteiger partial charge in [-0.1, -0.05) is 78.4 Å². The van der Waals surface area contributed by atoms with Gasteiger partial charge in [0.05, 0.1) is 0 Å². The number of halogens is 1. The molecule has 6 nitrogen and oxygen atoms in total. The van der Waals surface area contributed by atoms with Gasteiger partial charge in [-0.15, -0.1) is 12.4 Å². The van der Waals surface area contributed by atoms with E-state index in [-0.39, 0.29) is 12.4 Å². The Morgan fingerprint density at radius 1 is 0.851 bits per heavy atom. The van der Waals surface area contributed by atoms with Crippen molar-refractivity contribution in [2.24, 2.45) is 52.1 Å². The van der Waals surface area contributed by atoms with Crippen LogP contribution in [0.15, 0.2) is 11.6 Å². The topological polar surface area (TPSA) is 99.4 Å². The molecule has 4 aliphatic carbocycles. The summed E-state index contributed by atoms with van der Waals surface area (Å²) in [5.41, 5.74) is 8.50. The molecule has 0 heterocycles. The summed E-state index contributed by atoms with van der Waals surface area (Å²) in [6.07, 6.45) is 26.0. The van der Waals surface area contributed by atoms with Crippen LogP contribution in [0, 0.1) is 46.3 Å². The molecule has 7 atom stereocenters. The van der Waals surface area contributed by atoms with Gasteiger partial charge in [0, 0.05) is 6.54 Å². The summed E-state index contributed by atoms with van der Waals surface area (Å²) in [5.74, 6) is 5.84. The normalized spacial score (nSPS) is 30.1. The Morgan fingerprint density at radius 3 is 2.21 bits per heavy atom. The fourth-order valence-corrected chi connectivity index (χ4v) is 10.5. The number of allylic oxidation sites excluding steroid dienone is 2. The Labute approximate surface area is 296 Å². The van der Waals surface area contributed by atoms with Crippen molar-refractivity contribution in [1.29, 1.82) is 0 Å². The average molecular weight is 682 g/mol. The van der Waals surface area contributed by atoms with Gasteiger partial charge in [0.1, 0.15) is 0 Å². The molecule has 0 unspecified atom stereocenters. The van der Waals surface area contributed by atoms with E-state index in [0.717, 1.165) is 107 Å². The quantitative estimate of drug-likeness (QED) is 0.0691. The van der Waals surface area contributed by atoms with E-state index in [1.165, 1.54) is 77.0 Å². The highest BCUT2D eigenvalue weighted by Gasteiger charge is 2.58. The van der Waals surface area contributed by atoms with Crippen LogP contribution in [0.25, 0.3) is 0 Å². The summed E-state index contributed by atoms with van der Waals surface area (Å²) in [7, 11) is 0. The fourth-order valence-electron chi connectivity index (χ4n) is 10.5. The van der Waals surface area contributed by atoms with Crippen LogP contribution in [-0.2, 0) is 0 Å². The fraction of sp³-hybridized carbons (Fsp3) is 0.925. The molecule has 276 valence electrons. The number of hydrogen-bond donors (Lipinski definition) is 5. The Morgan fingerprint density at radius 2 is 1.53 bits per heavy atom. The van der Waals surface area contributed by atoms with Crippen molar-refractivity contribution in [3.63, 3.8) is 0 Å². The minimum absolute atomic E-state index is 0. The summed E-state index contributed by atoms with van der Waals surface area (Å²) >= 11 is 0. The van der Waals surface area contributed by atoms with E-state index >= 15 is 0 Å². The van der Waals surface area contributed by atoms with Crippen LogP contribution in [0.2, 0.25) is 0 Å². The molecule has 7 heteroatoms. The number of carboxylic acid groups (broad SMARTS) is 1. The van der Waals surface area contributed by atoms with Gasteiger partial charge in [-0.05, 0) is 163 Å². The molecule has 0 aromatic rings. The van der Waals surface area contributed by atoms with E-state index in [0.29, 0.717) is 17.4 Å². The third kappa shape index (κ3) is 12.8. The van der Waals surface area contributed by atoms with Crippen LogP contribution in [0.1, 0.15) is 150 Å². The van der Waals surface area contributed by atoms with Crippen molar-refractivity contribution >= 4 is 18.5 Å². The zero-order valence-corrected chi connectivity index (χ0v) is 32.2. The molecule has 4 rings (SSSR count). The SMILES string of the molecule is CC(C)CCC[C@@H](C)[C@H]1CC[C@H]2[C@@H]3CC=C4CCCC[C@]4(C)[C@H]3CC[C@]12C.Cl.NCCCCNCCCNCCCCCNC(=O)O. The molecule has 0 aromatic carbocycles. The van der Waals surface area contributed by atoms with Crippen LogP contribution in [0.4, 0.5) is 4.79 Å². The standard InChI is InChI=1S/C27H46.C13H30N4O2.ClH/c1-19(2)9-8-10-20(3)23-14-15-24-22-13-12-21-11-6-7-17-26(21,4)25(22)16-18-27(23,24)5;14-7-2-5-9-16-11-6-10-15-8-3-1-4-12-17-13(18)19;/h12,19-20,22-25H,6-11,13-18H2,1-5H3;15-17H,1-12,14H2,(H,18,19);1H/t20-,22+,23-,24+,25+,26+,27-;;/m1../s1. The molecule has 47 heavy (non-hydrogen) atoms. The lowest BCUT2D eigenvalue weighted by molar-refractivity contribution is -0.0500. The summed E-state index contributed by atoms with van der Waals surface area (Å²) < 4.78 is 0. The predicted octanol–water partition coefficient (Wildman–Crippen LogP) is 9.57. The highest BCUT2D eigenvalue weighted by molar-refractivity contribution is 5.85. The molecule has 3 saturated carbocycles. The molecule has 0 bridgehead atoms. The van der Waals surface area contributed by atoms with E-state index in [9.17, 15) is 4.79 Å². The maximum Gasteiger partial charge on any atom is 0.404 e. The predicted molar refractivity (Wildman–Crippen MR) is 203 cm³/mol. The first-order chi connectivity index (χ1) is 22.1.